The Morgan fingerprint density at radius 1 is 1.27 bits per heavy atom. The van der Waals surface area contributed by atoms with Crippen molar-refractivity contribution in [2.45, 2.75) is 57.7 Å². The van der Waals surface area contributed by atoms with Crippen molar-refractivity contribution in [2.75, 3.05) is 11.5 Å². The van der Waals surface area contributed by atoms with Crippen molar-refractivity contribution in [3.63, 3.8) is 0 Å². The first-order valence-electron chi connectivity index (χ1n) is 9.40. The Labute approximate surface area is 153 Å². The second-order valence-corrected chi connectivity index (χ2v) is 7.79. The molecule has 1 aliphatic carbocycles. The molecule has 1 unspecified atom stereocenters. The third-order valence-electron chi connectivity index (χ3n) is 5.47. The number of nitrogens with zero attached hydrogens (tertiary/aromatic N) is 2. The molecular formula is C20H24N2O4. The Bertz CT molecular complexity index is 771. The standard InChI is InChI=1S/C20H24N2O4/c1-13(2)10-12-26-19(25)20-11-9-17(23)22(20)16-6-4-3-5-15(16)18(24)21(20)14-7-8-14/h3-6,13-14H,7-12H2,1-2H3. The molecule has 0 radical (unpaired) electrons. The molecule has 3 aliphatic rings. The molecule has 2 heterocycles. The summed E-state index contributed by atoms with van der Waals surface area (Å²) in [4.78, 5) is 42.3. The summed E-state index contributed by atoms with van der Waals surface area (Å²) in [5.74, 6) is -0.361. The van der Waals surface area contributed by atoms with Crippen LogP contribution in [0.3, 0.4) is 0 Å². The highest BCUT2D eigenvalue weighted by molar-refractivity contribution is 6.15. The lowest BCUT2D eigenvalue weighted by Crippen LogP contribution is -2.69. The van der Waals surface area contributed by atoms with Gasteiger partial charge in [0.1, 0.15) is 0 Å². The lowest BCUT2D eigenvalue weighted by Gasteiger charge is -2.48. The molecule has 1 saturated heterocycles. The molecule has 1 atom stereocenters. The van der Waals surface area contributed by atoms with Crippen molar-refractivity contribution in [1.29, 1.82) is 0 Å². The predicted molar refractivity (Wildman–Crippen MR) is 95.5 cm³/mol. The number of hydrogen-bond donors (Lipinski definition) is 0. The zero-order valence-electron chi connectivity index (χ0n) is 15.2. The molecule has 0 aromatic heterocycles. The van der Waals surface area contributed by atoms with Crippen LogP contribution in [0.2, 0.25) is 0 Å². The zero-order chi connectivity index (χ0) is 18.5. The Balaban J connectivity index is 1.78. The second kappa shape index (κ2) is 6.11. The summed E-state index contributed by atoms with van der Waals surface area (Å²) in [5.41, 5.74) is -0.307. The number of amides is 2. The van der Waals surface area contributed by atoms with Gasteiger partial charge in [-0.25, -0.2) is 4.79 Å². The molecule has 0 N–H and O–H groups in total. The molecule has 138 valence electrons. The summed E-state index contributed by atoms with van der Waals surface area (Å²) in [7, 11) is 0. The summed E-state index contributed by atoms with van der Waals surface area (Å²) >= 11 is 0. The van der Waals surface area contributed by atoms with Crippen LogP contribution in [-0.2, 0) is 14.3 Å². The quantitative estimate of drug-likeness (QED) is 0.761. The van der Waals surface area contributed by atoms with Crippen LogP contribution in [0, 0.1) is 5.92 Å². The smallest absolute Gasteiger partial charge is 0.353 e. The maximum atomic E-state index is 13.2. The fourth-order valence-corrected chi connectivity index (χ4v) is 4.02. The molecule has 2 fully saturated rings. The van der Waals surface area contributed by atoms with Crippen molar-refractivity contribution in [2.24, 2.45) is 5.92 Å². The van der Waals surface area contributed by atoms with Gasteiger partial charge in [-0.3, -0.25) is 14.5 Å². The number of para-hydroxylation sites is 1. The lowest BCUT2D eigenvalue weighted by molar-refractivity contribution is -0.158. The Morgan fingerprint density at radius 2 is 2.00 bits per heavy atom. The van der Waals surface area contributed by atoms with Gasteiger partial charge >= 0.3 is 5.97 Å². The van der Waals surface area contributed by atoms with Crippen LogP contribution in [0.1, 0.15) is 56.3 Å². The van der Waals surface area contributed by atoms with E-state index in [1.165, 1.54) is 4.90 Å². The van der Waals surface area contributed by atoms with E-state index in [9.17, 15) is 14.4 Å². The molecule has 0 bridgehead atoms. The molecule has 2 aliphatic heterocycles. The molecule has 1 saturated carbocycles. The van der Waals surface area contributed by atoms with E-state index in [1.807, 2.05) is 0 Å². The first-order chi connectivity index (χ1) is 12.5. The number of anilines is 1. The average Bonchev–Trinajstić information content (AvgIpc) is 3.38. The molecule has 0 spiro atoms. The number of carbonyl (C=O) groups is 3. The van der Waals surface area contributed by atoms with Crippen LogP contribution in [0.5, 0.6) is 0 Å². The topological polar surface area (TPSA) is 66.9 Å². The Morgan fingerprint density at radius 3 is 2.69 bits per heavy atom. The third kappa shape index (κ3) is 2.42. The maximum absolute atomic E-state index is 13.2. The Hall–Kier alpha value is -2.37. The fourth-order valence-electron chi connectivity index (χ4n) is 4.02. The number of hydrogen-bond acceptors (Lipinski definition) is 4. The molecule has 6 heteroatoms. The fraction of sp³-hybridized carbons (Fsp3) is 0.550. The van der Waals surface area contributed by atoms with Gasteiger partial charge < -0.3 is 9.64 Å². The number of rotatable bonds is 5. The largest absolute Gasteiger partial charge is 0.463 e. The van der Waals surface area contributed by atoms with Gasteiger partial charge in [0.05, 0.1) is 17.9 Å². The first kappa shape index (κ1) is 17.1. The summed E-state index contributed by atoms with van der Waals surface area (Å²) in [5, 5.41) is 0. The van der Waals surface area contributed by atoms with Gasteiger partial charge in [0.2, 0.25) is 11.6 Å². The predicted octanol–water partition coefficient (Wildman–Crippen LogP) is 2.72. The average molecular weight is 356 g/mol. The molecular weight excluding hydrogens is 332 g/mol. The van der Waals surface area contributed by atoms with Gasteiger partial charge in [-0.2, -0.15) is 0 Å². The van der Waals surface area contributed by atoms with E-state index in [-0.39, 0.29) is 24.3 Å². The first-order valence-corrected chi connectivity index (χ1v) is 9.40. The Kier molecular flexibility index (Phi) is 4.01. The van der Waals surface area contributed by atoms with Crippen molar-refractivity contribution >= 4 is 23.5 Å². The number of fused-ring (bicyclic) bond motifs is 3. The van der Waals surface area contributed by atoms with E-state index in [1.54, 1.807) is 29.2 Å². The highest BCUT2D eigenvalue weighted by atomic mass is 16.5. The van der Waals surface area contributed by atoms with Gasteiger partial charge in [-0.1, -0.05) is 26.0 Å². The monoisotopic (exact) mass is 356 g/mol. The maximum Gasteiger partial charge on any atom is 0.353 e. The van der Waals surface area contributed by atoms with E-state index in [2.05, 4.69) is 13.8 Å². The molecule has 6 nitrogen and oxygen atoms in total. The van der Waals surface area contributed by atoms with E-state index in [0.29, 0.717) is 30.2 Å². The summed E-state index contributed by atoms with van der Waals surface area (Å²) in [6.07, 6.45) is 3.00. The van der Waals surface area contributed by atoms with E-state index >= 15 is 0 Å². The number of benzene rings is 1. The third-order valence-corrected chi connectivity index (χ3v) is 5.47. The van der Waals surface area contributed by atoms with Gasteiger partial charge in [0, 0.05) is 18.9 Å². The molecule has 1 aromatic rings. The van der Waals surface area contributed by atoms with Crippen LogP contribution >= 0.6 is 0 Å². The van der Waals surface area contributed by atoms with E-state index in [4.69, 9.17) is 4.74 Å². The van der Waals surface area contributed by atoms with E-state index in [0.717, 1.165) is 19.3 Å². The normalized spacial score (nSPS) is 24.7. The van der Waals surface area contributed by atoms with Crippen molar-refractivity contribution in [3.8, 4) is 0 Å². The molecule has 2 amide bonds. The van der Waals surface area contributed by atoms with Gasteiger partial charge in [-0.05, 0) is 37.3 Å². The van der Waals surface area contributed by atoms with Crippen LogP contribution in [0.15, 0.2) is 24.3 Å². The summed E-state index contributed by atoms with van der Waals surface area (Å²) in [6, 6.07) is 7.06. The van der Waals surface area contributed by atoms with Crippen molar-refractivity contribution in [3.05, 3.63) is 29.8 Å². The molecule has 26 heavy (non-hydrogen) atoms. The van der Waals surface area contributed by atoms with Gasteiger partial charge in [0.25, 0.3) is 5.91 Å². The van der Waals surface area contributed by atoms with Gasteiger partial charge in [-0.15, -0.1) is 0 Å². The highest BCUT2D eigenvalue weighted by Crippen LogP contribution is 2.49. The van der Waals surface area contributed by atoms with Crippen LogP contribution < -0.4 is 4.90 Å². The van der Waals surface area contributed by atoms with Crippen molar-refractivity contribution in [1.82, 2.24) is 4.90 Å². The minimum absolute atomic E-state index is 0.00176. The summed E-state index contributed by atoms with van der Waals surface area (Å²) < 4.78 is 5.59. The van der Waals surface area contributed by atoms with Crippen LogP contribution in [0.4, 0.5) is 5.69 Å². The molecule has 1 aromatic carbocycles. The minimum Gasteiger partial charge on any atom is -0.463 e. The van der Waals surface area contributed by atoms with E-state index < -0.39 is 11.6 Å². The second-order valence-electron chi connectivity index (χ2n) is 7.79. The van der Waals surface area contributed by atoms with Crippen LogP contribution in [0.25, 0.3) is 0 Å². The molecule has 4 rings (SSSR count). The number of carbonyl (C=O) groups excluding carboxylic acids is 3. The van der Waals surface area contributed by atoms with Gasteiger partial charge in [0.15, 0.2) is 0 Å². The van der Waals surface area contributed by atoms with Crippen LogP contribution in [-0.4, -0.2) is 41.0 Å². The number of ether oxygens (including phenoxy) is 1. The SMILES string of the molecule is CC(C)CCOC(=O)C12CCC(=O)N1c1ccccc1C(=O)N2C1CC1. The summed E-state index contributed by atoms with van der Waals surface area (Å²) in [6.45, 7) is 4.43. The zero-order valence-corrected chi connectivity index (χ0v) is 15.2. The number of esters is 1. The van der Waals surface area contributed by atoms with Crippen molar-refractivity contribution < 1.29 is 19.1 Å². The lowest BCUT2D eigenvalue weighted by atomic mass is 9.96. The minimum atomic E-state index is -1.32. The highest BCUT2D eigenvalue weighted by Gasteiger charge is 2.64.